The molecule has 2 N–H and O–H groups in total. The van der Waals surface area contributed by atoms with E-state index >= 15 is 0 Å². The van der Waals surface area contributed by atoms with Crippen molar-refractivity contribution < 1.29 is 37.0 Å². The number of halogens is 4. The number of hydrogen-bond acceptors (Lipinski definition) is 4. The minimum Gasteiger partial charge on any atom is -0.480 e. The van der Waals surface area contributed by atoms with Gasteiger partial charge in [0, 0.05) is 23.2 Å². The van der Waals surface area contributed by atoms with Crippen molar-refractivity contribution in [3.05, 3.63) is 53.3 Å². The number of alkyl halides is 3. The summed E-state index contributed by atoms with van der Waals surface area (Å²) >= 11 is 0.952. The Labute approximate surface area is 212 Å². The fraction of sp³-hybridized carbons (Fsp3) is 0.440. The van der Waals surface area contributed by atoms with Crippen molar-refractivity contribution in [1.82, 2.24) is 4.90 Å². The predicted octanol–water partition coefficient (Wildman–Crippen LogP) is 6.73. The van der Waals surface area contributed by atoms with Gasteiger partial charge in [-0.15, -0.1) is 24.9 Å². The number of likely N-dealkylation sites (N-methyl/N-ethyl adjacent to an activating group) is 1. The number of carbonyl (C=O) groups is 2. The normalized spacial score (nSPS) is 15.6. The number of fused-ring (bicyclic) bond motifs is 1. The maximum absolute atomic E-state index is 14.6. The van der Waals surface area contributed by atoms with Crippen LogP contribution in [0, 0.1) is 5.82 Å². The number of benzene rings is 2. The topological polar surface area (TPSA) is 78.9 Å². The molecule has 2 aromatic carbocycles. The van der Waals surface area contributed by atoms with Crippen molar-refractivity contribution in [2.24, 2.45) is 0 Å². The molecule has 0 saturated heterocycles. The summed E-state index contributed by atoms with van der Waals surface area (Å²) in [7, 11) is 0. The van der Waals surface area contributed by atoms with Crippen LogP contribution in [0.1, 0.15) is 45.2 Å². The van der Waals surface area contributed by atoms with E-state index in [0.29, 0.717) is 31.5 Å². The van der Waals surface area contributed by atoms with Crippen molar-refractivity contribution in [2.45, 2.75) is 69.5 Å². The summed E-state index contributed by atoms with van der Waals surface area (Å²) in [6.07, 6.45) is -3.13. The number of hydrogen-bond donors (Lipinski definition) is 2. The van der Waals surface area contributed by atoms with E-state index in [2.05, 4.69) is 10.1 Å². The number of aryl methyl sites for hydroxylation is 1. The number of carboxylic acid groups (broad SMARTS) is 1. The van der Waals surface area contributed by atoms with Crippen LogP contribution in [0.4, 0.5) is 28.0 Å². The van der Waals surface area contributed by atoms with Crippen LogP contribution in [-0.4, -0.2) is 46.2 Å². The minimum atomic E-state index is -4.80. The van der Waals surface area contributed by atoms with Gasteiger partial charge in [0.15, 0.2) is 0 Å². The van der Waals surface area contributed by atoms with Crippen molar-refractivity contribution in [1.29, 1.82) is 0 Å². The lowest BCUT2D eigenvalue weighted by molar-refractivity contribution is -0.274. The zero-order valence-electron chi connectivity index (χ0n) is 20.5. The summed E-state index contributed by atoms with van der Waals surface area (Å²) in [5.74, 6) is -1.90. The Balaban J connectivity index is 0.00000222. The summed E-state index contributed by atoms with van der Waals surface area (Å²) < 4.78 is 55.3. The van der Waals surface area contributed by atoms with E-state index in [0.717, 1.165) is 35.0 Å². The minimum absolute atomic E-state index is 0.193. The highest BCUT2D eigenvalue weighted by molar-refractivity contribution is 8.00. The van der Waals surface area contributed by atoms with E-state index in [4.69, 9.17) is 5.11 Å². The molecule has 0 aromatic heterocycles. The van der Waals surface area contributed by atoms with Crippen molar-refractivity contribution in [2.75, 3.05) is 11.9 Å². The summed E-state index contributed by atoms with van der Waals surface area (Å²) in [5, 5.41) is 11.0. The number of ether oxygens (including phenoxy) is 1. The summed E-state index contributed by atoms with van der Waals surface area (Å²) in [6, 6.07) is 7.34. The average Bonchev–Trinajstić information content (AvgIpc) is 2.81. The van der Waals surface area contributed by atoms with E-state index in [9.17, 15) is 27.2 Å². The first-order valence-corrected chi connectivity index (χ1v) is 12.5. The van der Waals surface area contributed by atoms with Gasteiger partial charge in [0.1, 0.15) is 16.8 Å². The highest BCUT2D eigenvalue weighted by Crippen LogP contribution is 2.33. The number of urea groups is 1. The molecule has 0 aliphatic heterocycles. The molecule has 0 bridgehead atoms. The molecule has 0 radical (unpaired) electrons. The molecule has 2 atom stereocenters. The van der Waals surface area contributed by atoms with Gasteiger partial charge in [0.25, 0.3) is 0 Å². The quantitative estimate of drug-likeness (QED) is 0.307. The molecule has 3 rings (SSSR count). The van der Waals surface area contributed by atoms with Crippen molar-refractivity contribution >= 4 is 29.4 Å². The van der Waals surface area contributed by atoms with Crippen molar-refractivity contribution in [3.63, 3.8) is 0 Å². The highest BCUT2D eigenvalue weighted by atomic mass is 32.2. The van der Waals surface area contributed by atoms with E-state index in [-0.39, 0.29) is 16.7 Å². The predicted molar refractivity (Wildman–Crippen MR) is 131 cm³/mol. The van der Waals surface area contributed by atoms with E-state index in [1.807, 2.05) is 20.8 Å². The number of amides is 2. The third-order valence-corrected chi connectivity index (χ3v) is 6.61. The lowest BCUT2D eigenvalue weighted by atomic mass is 9.87. The van der Waals surface area contributed by atoms with Crippen LogP contribution in [0.15, 0.2) is 41.3 Å². The summed E-state index contributed by atoms with van der Waals surface area (Å²) in [4.78, 5) is 25.8. The van der Waals surface area contributed by atoms with Gasteiger partial charge in [-0.25, -0.2) is 9.18 Å². The van der Waals surface area contributed by atoms with Gasteiger partial charge in [-0.1, -0.05) is 13.8 Å². The standard InChI is InChI=1S/C23H24F4N2O4S.C2H6/c1-3-29(22(32)28-16-5-8-18(9-6-16)33-23(25,26)27)17-7-4-14-12-20(34-13(2)21(30)31)19(24)11-15(14)10-17;1-2/h5-6,8-9,11-13,17H,3-4,7,10H2,1-2H3,(H,28,32)(H,30,31);1-2H3. The Morgan fingerprint density at radius 1 is 1.19 bits per heavy atom. The van der Waals surface area contributed by atoms with Gasteiger partial charge in [-0.3, -0.25) is 4.79 Å². The van der Waals surface area contributed by atoms with Gasteiger partial charge in [-0.2, -0.15) is 0 Å². The monoisotopic (exact) mass is 530 g/mol. The second-order valence-corrected chi connectivity index (χ2v) is 9.22. The van der Waals surface area contributed by atoms with Crippen LogP contribution < -0.4 is 10.1 Å². The molecule has 1 aliphatic rings. The second kappa shape index (κ2) is 12.8. The number of thioether (sulfide) groups is 1. The van der Waals surface area contributed by atoms with Gasteiger partial charge in [0.05, 0.1) is 0 Å². The van der Waals surface area contributed by atoms with E-state index < -0.39 is 29.4 Å². The first kappa shape index (κ1) is 29.3. The average molecular weight is 531 g/mol. The van der Waals surface area contributed by atoms with Crippen LogP contribution in [0.3, 0.4) is 0 Å². The Morgan fingerprint density at radius 3 is 2.39 bits per heavy atom. The molecule has 0 spiro atoms. The van der Waals surface area contributed by atoms with Crippen LogP contribution >= 0.6 is 11.8 Å². The van der Waals surface area contributed by atoms with Gasteiger partial charge < -0.3 is 20.1 Å². The first-order valence-electron chi connectivity index (χ1n) is 11.6. The van der Waals surface area contributed by atoms with Crippen LogP contribution in [0.2, 0.25) is 0 Å². The zero-order valence-corrected chi connectivity index (χ0v) is 21.3. The number of carbonyl (C=O) groups excluding carboxylic acids is 1. The molecule has 2 amide bonds. The zero-order chi connectivity index (χ0) is 27.0. The maximum Gasteiger partial charge on any atom is 0.573 e. The molecular weight excluding hydrogens is 500 g/mol. The molecule has 6 nitrogen and oxygen atoms in total. The highest BCUT2D eigenvalue weighted by Gasteiger charge is 2.31. The maximum atomic E-state index is 14.6. The molecule has 1 aliphatic carbocycles. The third kappa shape index (κ3) is 8.04. The lowest BCUT2D eigenvalue weighted by Gasteiger charge is -2.35. The number of anilines is 1. The van der Waals surface area contributed by atoms with Crippen LogP contribution in [-0.2, 0) is 17.6 Å². The SMILES string of the molecule is CC.CCN(C(=O)Nc1ccc(OC(F)(F)F)cc1)C1CCc2cc(SC(C)C(=O)O)c(F)cc2C1. The van der Waals surface area contributed by atoms with Gasteiger partial charge in [0.2, 0.25) is 0 Å². The number of rotatable bonds is 7. The Hall–Kier alpha value is -2.95. The third-order valence-electron chi connectivity index (χ3n) is 5.49. The molecule has 0 saturated carbocycles. The van der Waals surface area contributed by atoms with Gasteiger partial charge in [-0.05, 0) is 80.6 Å². The number of carboxylic acids is 1. The van der Waals surface area contributed by atoms with Gasteiger partial charge >= 0.3 is 18.4 Å². The second-order valence-electron chi connectivity index (χ2n) is 7.83. The fourth-order valence-electron chi connectivity index (χ4n) is 3.84. The molecular formula is C25H30F4N2O4S. The number of nitrogens with one attached hydrogen (secondary N) is 1. The van der Waals surface area contributed by atoms with E-state index in [1.54, 1.807) is 11.0 Å². The first-order chi connectivity index (χ1) is 17.0. The van der Waals surface area contributed by atoms with Crippen LogP contribution in [0.5, 0.6) is 5.75 Å². The number of aliphatic carboxylic acids is 1. The fourth-order valence-corrected chi connectivity index (χ4v) is 4.70. The van der Waals surface area contributed by atoms with Crippen molar-refractivity contribution in [3.8, 4) is 5.75 Å². The molecule has 11 heteroatoms. The number of nitrogens with zero attached hydrogens (tertiary/aromatic N) is 1. The molecule has 36 heavy (non-hydrogen) atoms. The Kier molecular flexibility index (Phi) is 10.4. The summed E-state index contributed by atoms with van der Waals surface area (Å²) in [6.45, 7) is 7.69. The molecule has 0 fully saturated rings. The largest absolute Gasteiger partial charge is 0.573 e. The Morgan fingerprint density at radius 2 is 1.83 bits per heavy atom. The Bertz CT molecular complexity index is 1050. The van der Waals surface area contributed by atoms with Crippen LogP contribution in [0.25, 0.3) is 0 Å². The smallest absolute Gasteiger partial charge is 0.480 e. The van der Waals surface area contributed by atoms with E-state index in [1.165, 1.54) is 25.1 Å². The molecule has 0 heterocycles. The molecule has 2 aromatic rings. The molecule has 198 valence electrons. The molecule has 2 unspecified atom stereocenters. The lowest BCUT2D eigenvalue weighted by Crippen LogP contribution is -2.45. The summed E-state index contributed by atoms with van der Waals surface area (Å²) in [5.41, 5.74) is 2.00.